The number of aryl methyl sites for hydroxylation is 1. The normalized spacial score (nSPS) is 10.0. The Balaban J connectivity index is 0.000000612. The molecular weight excluding hydrogens is 368 g/mol. The van der Waals surface area contributed by atoms with Crippen LogP contribution in [-0.2, 0) is 29.7 Å². The van der Waals surface area contributed by atoms with Crippen LogP contribution in [0.5, 0.6) is 0 Å². The third-order valence-electron chi connectivity index (χ3n) is 2.44. The van der Waals surface area contributed by atoms with Gasteiger partial charge in [-0.2, -0.15) is 4.90 Å². The molecule has 104 valence electrons. The number of para-hydroxylation sites is 1. The molecule has 0 N–H and O–H groups in total. The topological polar surface area (TPSA) is 12.4 Å². The van der Waals surface area contributed by atoms with Crippen molar-refractivity contribution in [3.63, 3.8) is 0 Å². The summed E-state index contributed by atoms with van der Waals surface area (Å²) in [6.07, 6.45) is 1.76. The second-order valence-corrected chi connectivity index (χ2v) is 7.17. The number of hydrogen-bond acceptors (Lipinski definition) is 2. The molecule has 2 rings (SSSR count). The van der Waals surface area contributed by atoms with Gasteiger partial charge in [-0.15, -0.1) is 0 Å². The summed E-state index contributed by atoms with van der Waals surface area (Å²) in [6, 6.07) is 13.4. The van der Waals surface area contributed by atoms with Crippen LogP contribution in [0.2, 0.25) is 5.02 Å². The van der Waals surface area contributed by atoms with Gasteiger partial charge in [0.1, 0.15) is 0 Å². The van der Waals surface area contributed by atoms with Crippen LogP contribution in [0.4, 0.5) is 5.69 Å². The molecule has 2 aromatic carbocycles. The van der Waals surface area contributed by atoms with E-state index in [4.69, 9.17) is 42.8 Å². The first-order valence-corrected chi connectivity index (χ1v) is 10.7. The molecule has 6 heteroatoms. The van der Waals surface area contributed by atoms with E-state index >= 15 is 0 Å². The Morgan fingerprint density at radius 2 is 1.75 bits per heavy atom. The number of aliphatic imine (C=N–C) groups is 1. The summed E-state index contributed by atoms with van der Waals surface area (Å²) in [6.45, 7) is 2.00. The fourth-order valence-electron chi connectivity index (χ4n) is 1.47. The summed E-state index contributed by atoms with van der Waals surface area (Å²) in [4.78, 5) is 5.19. The van der Waals surface area contributed by atoms with E-state index in [9.17, 15) is 0 Å². The zero-order valence-corrected chi connectivity index (χ0v) is 15.3. The average molecular weight is 380 g/mol. The van der Waals surface area contributed by atoms with Crippen molar-refractivity contribution >= 4 is 54.7 Å². The average Bonchev–Trinajstić information content (AvgIpc) is 2.43. The number of halogens is 3. The molecule has 0 unspecified atom stereocenters. The fraction of sp³-hybridized carbons (Fsp3) is 0.0714. The van der Waals surface area contributed by atoms with Crippen LogP contribution in [0, 0.1) is 6.92 Å². The van der Waals surface area contributed by atoms with Gasteiger partial charge in [-0.25, -0.2) is 0 Å². The van der Waals surface area contributed by atoms with Gasteiger partial charge in [0.05, 0.1) is 10.7 Å². The Labute approximate surface area is 146 Å². The van der Waals surface area contributed by atoms with Crippen molar-refractivity contribution in [2.24, 2.45) is 4.99 Å². The Bertz CT molecular complexity index is 590. The van der Waals surface area contributed by atoms with Crippen LogP contribution >= 0.6 is 30.2 Å². The van der Waals surface area contributed by atoms with Gasteiger partial charge in [-0.1, -0.05) is 47.5 Å². The molecular formula is C14H11Cl3NSTi-. The predicted octanol–water partition coefficient (Wildman–Crippen LogP) is 5.68. The van der Waals surface area contributed by atoms with Crippen LogP contribution in [0.15, 0.2) is 52.4 Å². The van der Waals surface area contributed by atoms with Crippen molar-refractivity contribution in [3.8, 4) is 0 Å². The quantitative estimate of drug-likeness (QED) is 0.371. The van der Waals surface area contributed by atoms with Gasteiger partial charge in [-0.3, -0.25) is 4.99 Å². The second kappa shape index (κ2) is 9.78. The molecule has 0 amide bonds. The molecule has 0 aliphatic carbocycles. The fourth-order valence-corrected chi connectivity index (χ4v) is 1.85. The van der Waals surface area contributed by atoms with E-state index < -0.39 is 17.0 Å². The number of hydrogen-bond donors (Lipinski definition) is 0. The third kappa shape index (κ3) is 5.73. The van der Waals surface area contributed by atoms with Gasteiger partial charge in [0.25, 0.3) is 0 Å². The SMILES string of the molecule is Cc1cccc(C=Nc2ccccc2Cl)c1[S-].[Cl][Ti][Cl]. The van der Waals surface area contributed by atoms with Crippen LogP contribution in [0.25, 0.3) is 0 Å². The molecule has 0 atom stereocenters. The molecule has 0 saturated heterocycles. The standard InChI is InChI=1S/C14H12ClNS.2ClH.Ti/c1-10-5-4-6-11(14(10)17)9-16-13-8-3-2-7-12(13)15;;;/h2-9,17H,1H3;2*1H;/q;;;+2/p-3. The van der Waals surface area contributed by atoms with E-state index in [1.165, 1.54) is 0 Å². The van der Waals surface area contributed by atoms with Crippen molar-refractivity contribution in [1.82, 2.24) is 0 Å². The number of benzene rings is 2. The summed E-state index contributed by atoms with van der Waals surface area (Å²) in [5, 5.41) is 0.641. The minimum absolute atomic E-state index is 0.556. The van der Waals surface area contributed by atoms with Gasteiger partial charge in [0, 0.05) is 6.21 Å². The zero-order chi connectivity index (χ0) is 15.0. The third-order valence-corrected chi connectivity index (χ3v) is 3.31. The molecule has 0 bridgehead atoms. The Morgan fingerprint density at radius 3 is 2.40 bits per heavy atom. The minimum atomic E-state index is -0.556. The predicted molar refractivity (Wildman–Crippen MR) is 87.2 cm³/mol. The molecule has 0 spiro atoms. The second-order valence-electron chi connectivity index (χ2n) is 3.77. The van der Waals surface area contributed by atoms with Crippen molar-refractivity contribution in [2.45, 2.75) is 11.8 Å². The summed E-state index contributed by atoms with van der Waals surface area (Å²) < 4.78 is 0. The van der Waals surface area contributed by atoms with Crippen molar-refractivity contribution in [1.29, 1.82) is 0 Å². The van der Waals surface area contributed by atoms with Gasteiger partial charge in [0.2, 0.25) is 0 Å². The van der Waals surface area contributed by atoms with E-state index in [0.29, 0.717) is 5.02 Å². The molecule has 0 saturated carbocycles. The molecule has 1 nitrogen and oxygen atoms in total. The van der Waals surface area contributed by atoms with E-state index in [2.05, 4.69) is 4.99 Å². The molecule has 0 aliphatic rings. The van der Waals surface area contributed by atoms with E-state index in [1.54, 1.807) is 6.21 Å². The zero-order valence-electron chi connectivity index (χ0n) is 10.6. The van der Waals surface area contributed by atoms with Crippen LogP contribution in [0.3, 0.4) is 0 Å². The van der Waals surface area contributed by atoms with Crippen molar-refractivity contribution in [3.05, 3.63) is 58.6 Å². The van der Waals surface area contributed by atoms with E-state index in [-0.39, 0.29) is 0 Å². The Kier molecular flexibility index (Phi) is 8.78. The molecule has 0 aromatic heterocycles. The molecule has 2 aromatic rings. The van der Waals surface area contributed by atoms with Crippen LogP contribution in [-0.4, -0.2) is 6.21 Å². The summed E-state index contributed by atoms with van der Waals surface area (Å²) in [5.41, 5.74) is 2.79. The molecule has 0 heterocycles. The number of nitrogens with zero attached hydrogens (tertiary/aromatic N) is 1. The number of rotatable bonds is 2. The summed E-state index contributed by atoms with van der Waals surface area (Å²) >= 11 is 10.8. The van der Waals surface area contributed by atoms with Crippen LogP contribution < -0.4 is 0 Å². The Hall–Kier alpha value is -0.0857. The molecule has 0 aliphatic heterocycles. The first-order chi connectivity index (χ1) is 9.60. The van der Waals surface area contributed by atoms with Crippen LogP contribution in [0.1, 0.15) is 11.1 Å². The first kappa shape index (κ1) is 18.0. The van der Waals surface area contributed by atoms with Gasteiger partial charge in [-0.05, 0) is 24.6 Å². The van der Waals surface area contributed by atoms with E-state index in [0.717, 1.165) is 21.7 Å². The molecule has 0 radical (unpaired) electrons. The van der Waals surface area contributed by atoms with E-state index in [1.807, 2.05) is 49.4 Å². The Morgan fingerprint density at radius 1 is 1.10 bits per heavy atom. The maximum atomic E-state index is 6.02. The van der Waals surface area contributed by atoms with Crippen molar-refractivity contribution < 1.29 is 17.0 Å². The van der Waals surface area contributed by atoms with Gasteiger partial charge < -0.3 is 12.6 Å². The molecule has 20 heavy (non-hydrogen) atoms. The summed E-state index contributed by atoms with van der Waals surface area (Å²) in [5.74, 6) is 0. The summed E-state index contributed by atoms with van der Waals surface area (Å²) in [7, 11) is 9.78. The molecule has 0 fully saturated rings. The first-order valence-electron chi connectivity index (χ1n) is 5.61. The monoisotopic (exact) mass is 378 g/mol. The van der Waals surface area contributed by atoms with Gasteiger partial charge >= 0.3 is 35.6 Å². The van der Waals surface area contributed by atoms with Crippen molar-refractivity contribution in [2.75, 3.05) is 0 Å². The van der Waals surface area contributed by atoms with Gasteiger partial charge in [0.15, 0.2) is 0 Å². The maximum absolute atomic E-state index is 6.02.